The van der Waals surface area contributed by atoms with Gasteiger partial charge in [0.05, 0.1) is 11.4 Å². The van der Waals surface area contributed by atoms with E-state index in [2.05, 4.69) is 15.6 Å². The van der Waals surface area contributed by atoms with E-state index in [-0.39, 0.29) is 5.82 Å². The summed E-state index contributed by atoms with van der Waals surface area (Å²) >= 11 is 0. The first-order valence-corrected chi connectivity index (χ1v) is 9.00. The van der Waals surface area contributed by atoms with Gasteiger partial charge in [0.2, 0.25) is 0 Å². The normalized spacial score (nSPS) is 15.1. The Hall–Kier alpha value is -2.73. The fourth-order valence-electron chi connectivity index (χ4n) is 3.30. The van der Waals surface area contributed by atoms with Gasteiger partial charge in [-0.25, -0.2) is 9.07 Å². The molecule has 3 heterocycles. The molecule has 134 valence electrons. The molecule has 5 nitrogen and oxygen atoms in total. The number of benzene rings is 1. The maximum absolute atomic E-state index is 13.3. The summed E-state index contributed by atoms with van der Waals surface area (Å²) in [5, 5.41) is 11.6. The fourth-order valence-corrected chi connectivity index (χ4v) is 3.30. The van der Waals surface area contributed by atoms with Crippen molar-refractivity contribution in [1.82, 2.24) is 20.1 Å². The molecule has 0 spiro atoms. The molecule has 0 amide bonds. The zero-order valence-electron chi connectivity index (χ0n) is 14.5. The number of rotatable bonds is 5. The van der Waals surface area contributed by atoms with Crippen LogP contribution >= 0.6 is 0 Å². The quantitative estimate of drug-likeness (QED) is 0.739. The molecule has 1 fully saturated rings. The number of nitrogens with zero attached hydrogens (tertiary/aromatic N) is 3. The van der Waals surface area contributed by atoms with E-state index in [4.69, 9.17) is 5.10 Å². The van der Waals surface area contributed by atoms with Crippen LogP contribution in [0.4, 0.5) is 10.2 Å². The third-order valence-electron chi connectivity index (χ3n) is 4.77. The highest BCUT2D eigenvalue weighted by molar-refractivity contribution is 5.65. The van der Waals surface area contributed by atoms with Gasteiger partial charge in [0.25, 0.3) is 0 Å². The maximum Gasteiger partial charge on any atom is 0.149 e. The summed E-state index contributed by atoms with van der Waals surface area (Å²) in [6.45, 7) is 3.07. The van der Waals surface area contributed by atoms with Gasteiger partial charge in [-0.3, -0.25) is 4.98 Å². The number of anilines is 1. The van der Waals surface area contributed by atoms with Gasteiger partial charge in [-0.1, -0.05) is 0 Å². The lowest BCUT2D eigenvalue weighted by Crippen LogP contribution is -2.31. The summed E-state index contributed by atoms with van der Waals surface area (Å²) < 4.78 is 15.1. The Balaban J connectivity index is 1.62. The average Bonchev–Trinajstić information content (AvgIpc) is 3.13. The van der Waals surface area contributed by atoms with Crippen LogP contribution in [0.15, 0.2) is 54.9 Å². The predicted octanol–water partition coefficient (Wildman–Crippen LogP) is 3.48. The van der Waals surface area contributed by atoms with Crippen molar-refractivity contribution in [2.45, 2.75) is 12.8 Å². The van der Waals surface area contributed by atoms with Crippen molar-refractivity contribution in [3.8, 4) is 16.9 Å². The molecule has 1 aliphatic heterocycles. The lowest BCUT2D eigenvalue weighted by Gasteiger charge is -2.22. The minimum absolute atomic E-state index is 0.256. The molecule has 1 aliphatic rings. The molecule has 2 N–H and O–H groups in total. The largest absolute Gasteiger partial charge is 0.368 e. The van der Waals surface area contributed by atoms with E-state index in [1.165, 1.54) is 25.0 Å². The van der Waals surface area contributed by atoms with E-state index >= 15 is 0 Å². The maximum atomic E-state index is 13.3. The third-order valence-corrected chi connectivity index (χ3v) is 4.77. The molecule has 0 radical (unpaired) electrons. The summed E-state index contributed by atoms with van der Waals surface area (Å²) in [5.41, 5.74) is 2.72. The highest BCUT2D eigenvalue weighted by Crippen LogP contribution is 2.26. The molecule has 1 saturated heterocycles. The molecule has 0 aliphatic carbocycles. The van der Waals surface area contributed by atoms with Crippen LogP contribution in [0.2, 0.25) is 0 Å². The van der Waals surface area contributed by atoms with Gasteiger partial charge in [0.1, 0.15) is 11.6 Å². The van der Waals surface area contributed by atoms with Crippen molar-refractivity contribution >= 4 is 5.82 Å². The van der Waals surface area contributed by atoms with E-state index in [0.717, 1.165) is 42.4 Å². The highest BCUT2D eigenvalue weighted by Gasteiger charge is 2.15. The minimum atomic E-state index is -0.256. The van der Waals surface area contributed by atoms with E-state index in [1.807, 2.05) is 29.1 Å². The standard InChI is InChI=1S/C20H22FN5/c21-17-3-5-18(6-4-17)26-19(16-2-1-9-23-14-16)12-20(25-26)24-13-15-7-10-22-11-8-15/h1-6,9,12,14-15,22H,7-8,10-11,13H2,(H,24,25). The Morgan fingerprint density at radius 3 is 2.69 bits per heavy atom. The third kappa shape index (κ3) is 3.75. The minimum Gasteiger partial charge on any atom is -0.368 e. The molecule has 4 rings (SSSR count). The zero-order valence-corrected chi connectivity index (χ0v) is 14.5. The smallest absolute Gasteiger partial charge is 0.149 e. The van der Waals surface area contributed by atoms with Crippen molar-refractivity contribution in [1.29, 1.82) is 0 Å². The van der Waals surface area contributed by atoms with Gasteiger partial charge in [-0.2, -0.15) is 0 Å². The molecule has 6 heteroatoms. The van der Waals surface area contributed by atoms with Crippen LogP contribution in [0.25, 0.3) is 16.9 Å². The van der Waals surface area contributed by atoms with Gasteiger partial charge >= 0.3 is 0 Å². The SMILES string of the molecule is Fc1ccc(-n2nc(NCC3CCNCC3)cc2-c2cccnc2)cc1. The van der Waals surface area contributed by atoms with Crippen molar-refractivity contribution in [2.75, 3.05) is 25.0 Å². The first kappa shape index (κ1) is 16.7. The van der Waals surface area contributed by atoms with Gasteiger partial charge in [0, 0.05) is 30.6 Å². The number of aromatic nitrogens is 3. The summed E-state index contributed by atoms with van der Waals surface area (Å²) in [7, 11) is 0. The second kappa shape index (κ2) is 7.66. The van der Waals surface area contributed by atoms with Crippen molar-refractivity contribution in [3.05, 3.63) is 60.7 Å². The van der Waals surface area contributed by atoms with E-state index in [0.29, 0.717) is 5.92 Å². The Labute approximate surface area is 152 Å². The molecular formula is C20H22FN5. The molecule has 0 unspecified atom stereocenters. The lowest BCUT2D eigenvalue weighted by atomic mass is 9.98. The number of hydrogen-bond acceptors (Lipinski definition) is 4. The van der Waals surface area contributed by atoms with Crippen LogP contribution in [0, 0.1) is 11.7 Å². The number of piperidine rings is 1. The van der Waals surface area contributed by atoms with Gasteiger partial charge in [0.15, 0.2) is 0 Å². The first-order valence-electron chi connectivity index (χ1n) is 9.00. The number of pyridine rings is 1. The van der Waals surface area contributed by atoms with Gasteiger partial charge in [-0.15, -0.1) is 5.10 Å². The monoisotopic (exact) mass is 351 g/mol. The molecule has 1 aromatic carbocycles. The molecule has 3 aromatic rings. The van der Waals surface area contributed by atoms with E-state index in [1.54, 1.807) is 18.3 Å². The second-order valence-electron chi connectivity index (χ2n) is 6.62. The Bertz CT molecular complexity index is 838. The molecule has 0 saturated carbocycles. The van der Waals surface area contributed by atoms with Crippen LogP contribution < -0.4 is 10.6 Å². The van der Waals surface area contributed by atoms with Crippen LogP contribution in [0.3, 0.4) is 0 Å². The summed E-state index contributed by atoms with van der Waals surface area (Å²) in [4.78, 5) is 4.21. The Morgan fingerprint density at radius 2 is 1.96 bits per heavy atom. The Kier molecular flexibility index (Phi) is 4.93. The van der Waals surface area contributed by atoms with E-state index < -0.39 is 0 Å². The second-order valence-corrected chi connectivity index (χ2v) is 6.62. The zero-order chi connectivity index (χ0) is 17.8. The summed E-state index contributed by atoms with van der Waals surface area (Å²) in [6.07, 6.45) is 5.92. The van der Waals surface area contributed by atoms with Crippen LogP contribution in [0.1, 0.15) is 12.8 Å². The predicted molar refractivity (Wildman–Crippen MR) is 101 cm³/mol. The van der Waals surface area contributed by atoms with E-state index in [9.17, 15) is 4.39 Å². The number of nitrogens with one attached hydrogen (secondary N) is 2. The lowest BCUT2D eigenvalue weighted by molar-refractivity contribution is 0.389. The molecule has 26 heavy (non-hydrogen) atoms. The molecular weight excluding hydrogens is 329 g/mol. The molecule has 0 atom stereocenters. The summed E-state index contributed by atoms with van der Waals surface area (Å²) in [5.74, 6) is 1.23. The average molecular weight is 351 g/mol. The van der Waals surface area contributed by atoms with Gasteiger partial charge in [-0.05, 0) is 68.2 Å². The van der Waals surface area contributed by atoms with Crippen LogP contribution in [-0.2, 0) is 0 Å². The van der Waals surface area contributed by atoms with Crippen LogP contribution in [-0.4, -0.2) is 34.4 Å². The van der Waals surface area contributed by atoms with Crippen molar-refractivity contribution in [2.24, 2.45) is 5.92 Å². The fraction of sp³-hybridized carbons (Fsp3) is 0.300. The first-order chi connectivity index (χ1) is 12.8. The molecule has 0 bridgehead atoms. The van der Waals surface area contributed by atoms with Crippen LogP contribution in [0.5, 0.6) is 0 Å². The van der Waals surface area contributed by atoms with Gasteiger partial charge < -0.3 is 10.6 Å². The summed E-state index contributed by atoms with van der Waals surface area (Å²) in [6, 6.07) is 12.3. The number of halogens is 1. The highest BCUT2D eigenvalue weighted by atomic mass is 19.1. The molecule has 2 aromatic heterocycles. The Morgan fingerprint density at radius 1 is 1.15 bits per heavy atom. The number of hydrogen-bond donors (Lipinski definition) is 2. The van der Waals surface area contributed by atoms with Crippen molar-refractivity contribution < 1.29 is 4.39 Å². The topological polar surface area (TPSA) is 54.8 Å². The van der Waals surface area contributed by atoms with Crippen molar-refractivity contribution in [3.63, 3.8) is 0 Å².